The van der Waals surface area contributed by atoms with E-state index in [2.05, 4.69) is 11.1 Å². The van der Waals surface area contributed by atoms with Gasteiger partial charge in [-0.3, -0.25) is 0 Å². The summed E-state index contributed by atoms with van der Waals surface area (Å²) in [6, 6.07) is 21.4. The standard InChI is InChI=1S/C30H26F2N4O4/c1-39-28-25-23(11-21(13-34)35-28)40-30(20-9-7-17(12-33)8-10-20)24(18-5-3-2-4-6-18)22(26(37)29(25,30)38)16-36-14-19(15-36)27(31)32/h2-11,19,22,24,26-27,37-38H,14-16H2,1H3/t22-,24-,26-,29+,30?/m1/s1. The maximum Gasteiger partial charge on any atom is 0.243 e. The topological polar surface area (TPSA) is 123 Å². The Kier molecular flexibility index (Phi) is 6.23. The molecule has 0 bridgehead atoms. The number of aliphatic hydroxyl groups is 2. The number of nitriles is 2. The molecule has 10 heteroatoms. The Morgan fingerprint density at radius 2 is 1.82 bits per heavy atom. The highest BCUT2D eigenvalue weighted by Gasteiger charge is 2.77. The number of benzene rings is 2. The highest BCUT2D eigenvalue weighted by molar-refractivity contribution is 5.60. The van der Waals surface area contributed by atoms with Gasteiger partial charge in [0.15, 0.2) is 11.2 Å². The number of aromatic nitrogens is 1. The van der Waals surface area contributed by atoms with Crippen molar-refractivity contribution < 1.29 is 28.5 Å². The molecule has 3 heterocycles. The van der Waals surface area contributed by atoms with Gasteiger partial charge in [0.05, 0.1) is 30.4 Å². The molecule has 1 saturated carbocycles. The van der Waals surface area contributed by atoms with Crippen LogP contribution in [0.3, 0.4) is 0 Å². The molecular formula is C30H26F2N4O4. The van der Waals surface area contributed by atoms with Crippen molar-refractivity contribution in [1.29, 1.82) is 10.5 Å². The Morgan fingerprint density at radius 1 is 1.12 bits per heavy atom. The monoisotopic (exact) mass is 544 g/mol. The van der Waals surface area contributed by atoms with Gasteiger partial charge in [-0.05, 0) is 23.3 Å². The van der Waals surface area contributed by atoms with E-state index in [-0.39, 0.29) is 42.5 Å². The van der Waals surface area contributed by atoms with Crippen molar-refractivity contribution in [2.24, 2.45) is 11.8 Å². The van der Waals surface area contributed by atoms with E-state index in [0.29, 0.717) is 11.1 Å². The molecule has 6 rings (SSSR count). The zero-order chi connectivity index (χ0) is 28.2. The van der Waals surface area contributed by atoms with Crippen LogP contribution in [0.15, 0.2) is 60.7 Å². The van der Waals surface area contributed by atoms with Crippen LogP contribution in [-0.4, -0.2) is 59.4 Å². The number of alkyl halides is 2. The second-order valence-electron chi connectivity index (χ2n) is 10.6. The molecule has 1 saturated heterocycles. The predicted octanol–water partition coefficient (Wildman–Crippen LogP) is 3.28. The number of methoxy groups -OCH3 is 1. The van der Waals surface area contributed by atoms with E-state index in [1.807, 2.05) is 41.3 Å². The van der Waals surface area contributed by atoms with Gasteiger partial charge in [0.1, 0.15) is 17.5 Å². The lowest BCUT2D eigenvalue weighted by Gasteiger charge is -2.43. The summed E-state index contributed by atoms with van der Waals surface area (Å²) in [4.78, 5) is 6.10. The number of rotatable bonds is 6. The fourth-order valence-corrected chi connectivity index (χ4v) is 6.85. The van der Waals surface area contributed by atoms with Crippen LogP contribution in [0.1, 0.15) is 33.9 Å². The average molecular weight is 545 g/mol. The third kappa shape index (κ3) is 3.54. The van der Waals surface area contributed by atoms with Crippen LogP contribution in [0, 0.1) is 34.5 Å². The van der Waals surface area contributed by atoms with Crippen LogP contribution in [0.2, 0.25) is 0 Å². The van der Waals surface area contributed by atoms with Gasteiger partial charge in [-0.2, -0.15) is 10.5 Å². The molecule has 2 N–H and O–H groups in total. The van der Waals surface area contributed by atoms with E-state index in [9.17, 15) is 29.5 Å². The zero-order valence-corrected chi connectivity index (χ0v) is 21.5. The van der Waals surface area contributed by atoms with Crippen molar-refractivity contribution in [2.75, 3.05) is 26.7 Å². The van der Waals surface area contributed by atoms with Crippen LogP contribution in [-0.2, 0) is 11.2 Å². The van der Waals surface area contributed by atoms with Crippen LogP contribution >= 0.6 is 0 Å². The lowest BCUT2D eigenvalue weighted by atomic mass is 9.70. The molecule has 40 heavy (non-hydrogen) atoms. The van der Waals surface area contributed by atoms with Gasteiger partial charge in [-0.15, -0.1) is 0 Å². The second kappa shape index (κ2) is 9.53. The first kappa shape index (κ1) is 26.1. The molecule has 1 aromatic heterocycles. The number of fused-ring (bicyclic) bond motifs is 3. The molecule has 0 radical (unpaired) electrons. The maximum absolute atomic E-state index is 13.3. The van der Waals surface area contributed by atoms with Crippen LogP contribution < -0.4 is 9.47 Å². The molecule has 1 aliphatic carbocycles. The lowest BCUT2D eigenvalue weighted by molar-refractivity contribution is -0.153. The molecular weight excluding hydrogens is 518 g/mol. The van der Waals surface area contributed by atoms with Crippen LogP contribution in [0.4, 0.5) is 8.78 Å². The first-order valence-electron chi connectivity index (χ1n) is 12.9. The summed E-state index contributed by atoms with van der Waals surface area (Å²) in [6.45, 7) is 0.589. The number of nitrogens with zero attached hydrogens (tertiary/aromatic N) is 4. The van der Waals surface area contributed by atoms with E-state index in [1.165, 1.54) is 13.2 Å². The van der Waals surface area contributed by atoms with Gasteiger partial charge in [-0.25, -0.2) is 13.8 Å². The molecule has 1 unspecified atom stereocenters. The molecule has 5 atom stereocenters. The summed E-state index contributed by atoms with van der Waals surface area (Å²) in [6.07, 6.45) is -3.87. The fourth-order valence-electron chi connectivity index (χ4n) is 6.85. The Hall–Kier alpha value is -4.09. The van der Waals surface area contributed by atoms with Gasteiger partial charge in [0, 0.05) is 43.5 Å². The van der Waals surface area contributed by atoms with E-state index < -0.39 is 41.5 Å². The quantitative estimate of drug-likeness (QED) is 0.485. The smallest absolute Gasteiger partial charge is 0.243 e. The van der Waals surface area contributed by atoms with Crippen molar-refractivity contribution in [3.8, 4) is 23.8 Å². The Bertz CT molecular complexity index is 1520. The molecule has 2 aromatic carbocycles. The van der Waals surface area contributed by atoms with Gasteiger partial charge < -0.3 is 24.6 Å². The van der Waals surface area contributed by atoms with E-state index in [0.717, 1.165) is 5.56 Å². The number of hydrogen-bond acceptors (Lipinski definition) is 8. The van der Waals surface area contributed by atoms with Gasteiger partial charge in [-0.1, -0.05) is 42.5 Å². The summed E-state index contributed by atoms with van der Waals surface area (Å²) >= 11 is 0. The van der Waals surface area contributed by atoms with Gasteiger partial charge in [0.25, 0.3) is 0 Å². The van der Waals surface area contributed by atoms with Crippen molar-refractivity contribution >= 4 is 0 Å². The number of hydrogen-bond donors (Lipinski definition) is 2. The third-order valence-corrected chi connectivity index (χ3v) is 8.59. The maximum atomic E-state index is 13.3. The number of aliphatic hydroxyl groups excluding tert-OH is 1. The van der Waals surface area contributed by atoms with Crippen LogP contribution in [0.5, 0.6) is 11.6 Å². The summed E-state index contributed by atoms with van der Waals surface area (Å²) in [5.74, 6) is -1.98. The SMILES string of the molecule is COc1nc(C#N)cc2c1[C@]1(O)[C@H](O)[C@H](CN3CC(C(F)F)C3)[C@@H](c3ccccc3)C1(c1ccc(C#N)cc1)O2. The minimum absolute atomic E-state index is 0.00933. The Labute approximate surface area is 229 Å². The largest absolute Gasteiger partial charge is 0.481 e. The Morgan fingerprint density at radius 3 is 2.42 bits per heavy atom. The van der Waals surface area contributed by atoms with Gasteiger partial charge in [0.2, 0.25) is 12.3 Å². The summed E-state index contributed by atoms with van der Waals surface area (Å²) in [5.41, 5.74) is -1.96. The summed E-state index contributed by atoms with van der Waals surface area (Å²) in [5, 5.41) is 43.9. The van der Waals surface area contributed by atoms with E-state index in [1.54, 1.807) is 24.3 Å². The molecule has 2 aliphatic heterocycles. The molecule has 204 valence electrons. The molecule has 8 nitrogen and oxygen atoms in total. The van der Waals surface area contributed by atoms with Crippen LogP contribution in [0.25, 0.3) is 0 Å². The van der Waals surface area contributed by atoms with Gasteiger partial charge >= 0.3 is 0 Å². The highest BCUT2D eigenvalue weighted by atomic mass is 19.3. The lowest BCUT2D eigenvalue weighted by Crippen LogP contribution is -2.53. The number of ether oxygens (including phenoxy) is 2. The predicted molar refractivity (Wildman–Crippen MR) is 137 cm³/mol. The summed E-state index contributed by atoms with van der Waals surface area (Å²) in [7, 11) is 1.35. The number of likely N-dealkylation sites (tertiary alicyclic amines) is 1. The van der Waals surface area contributed by atoms with E-state index >= 15 is 0 Å². The minimum atomic E-state index is -2.43. The van der Waals surface area contributed by atoms with Crippen molar-refractivity contribution in [1.82, 2.24) is 9.88 Å². The average Bonchev–Trinajstić information content (AvgIpc) is 3.32. The molecule has 2 fully saturated rings. The molecule has 3 aliphatic rings. The molecule has 0 spiro atoms. The highest BCUT2D eigenvalue weighted by Crippen LogP contribution is 2.69. The molecule has 3 aromatic rings. The van der Waals surface area contributed by atoms with Crippen molar-refractivity contribution in [2.45, 2.75) is 29.6 Å². The first-order valence-corrected chi connectivity index (χ1v) is 12.9. The second-order valence-corrected chi connectivity index (χ2v) is 10.6. The van der Waals surface area contributed by atoms with E-state index in [4.69, 9.17) is 9.47 Å². The fraction of sp³-hybridized carbons (Fsp3) is 0.367. The zero-order valence-electron chi connectivity index (χ0n) is 21.5. The third-order valence-electron chi connectivity index (χ3n) is 8.59. The van der Waals surface area contributed by atoms with Crippen molar-refractivity contribution in [3.63, 3.8) is 0 Å². The first-order chi connectivity index (χ1) is 19.3. The van der Waals surface area contributed by atoms with Crippen molar-refractivity contribution in [3.05, 3.63) is 88.6 Å². The normalized spacial score (nSPS) is 29.1. The summed E-state index contributed by atoms with van der Waals surface area (Å²) < 4.78 is 38.8. The Balaban J connectivity index is 1.59. The number of pyridine rings is 1. The molecule has 0 amide bonds. The minimum Gasteiger partial charge on any atom is -0.481 e. The number of halogens is 2.